The van der Waals surface area contributed by atoms with Crippen LogP contribution in [-0.4, -0.2) is 48.0 Å². The minimum Gasteiger partial charge on any atom is -0.480 e. The number of carboxylic acids is 1. The number of anilines is 1. The predicted octanol–water partition coefficient (Wildman–Crippen LogP) is 4.15. The Balaban J connectivity index is 1.39. The first kappa shape index (κ1) is 31.2. The summed E-state index contributed by atoms with van der Waals surface area (Å²) in [6, 6.07) is 13.3. The van der Waals surface area contributed by atoms with Crippen LogP contribution < -0.4 is 15.4 Å². The van der Waals surface area contributed by atoms with Crippen molar-refractivity contribution in [3.63, 3.8) is 0 Å². The molecule has 0 bridgehead atoms. The monoisotopic (exact) mass is 598 g/mol. The van der Waals surface area contributed by atoms with Crippen molar-refractivity contribution in [3.05, 3.63) is 76.2 Å². The quantitative estimate of drug-likeness (QED) is 0.184. The maximum Gasteiger partial charge on any atom is 0.322 e. The zero-order valence-corrected chi connectivity index (χ0v) is 24.6. The van der Waals surface area contributed by atoms with Gasteiger partial charge in [-0.1, -0.05) is 50.2 Å². The van der Waals surface area contributed by atoms with Gasteiger partial charge >= 0.3 is 5.97 Å². The number of carbonyl (C=O) groups excluding carboxylic acids is 1. The molecule has 3 atom stereocenters. The fraction of sp³-hybridized carbons (Fsp3) is 0.467. The van der Waals surface area contributed by atoms with E-state index in [-0.39, 0.29) is 24.2 Å². The van der Waals surface area contributed by atoms with Crippen LogP contribution in [0.2, 0.25) is 0 Å². The molecule has 4 N–H and O–H groups in total. The van der Waals surface area contributed by atoms with Gasteiger partial charge in [-0.3, -0.25) is 19.7 Å². The molecule has 2 aliphatic carbocycles. The molecule has 42 heavy (non-hydrogen) atoms. The van der Waals surface area contributed by atoms with E-state index in [0.717, 1.165) is 36.6 Å². The molecule has 2 aliphatic rings. The molecular weight excluding hydrogens is 560 g/mol. The normalized spacial score (nSPS) is 20.3. The van der Waals surface area contributed by atoms with E-state index in [1.54, 1.807) is 18.2 Å². The minimum absolute atomic E-state index is 0.0631. The molecule has 11 nitrogen and oxygen atoms in total. The van der Waals surface area contributed by atoms with Gasteiger partial charge in [0.2, 0.25) is 10.0 Å². The minimum atomic E-state index is -4.00. The highest BCUT2D eigenvalue weighted by Gasteiger charge is 2.34. The van der Waals surface area contributed by atoms with Crippen LogP contribution in [0.1, 0.15) is 51.5 Å². The first-order chi connectivity index (χ1) is 19.9. The lowest BCUT2D eigenvalue weighted by atomic mass is 9.77. The molecule has 0 radical (unpaired) electrons. The lowest BCUT2D eigenvalue weighted by Crippen LogP contribution is -2.45. The van der Waals surface area contributed by atoms with E-state index in [0.29, 0.717) is 35.8 Å². The third-order valence-electron chi connectivity index (χ3n) is 7.83. The number of nitrogens with zero attached hydrogens (tertiary/aromatic N) is 1. The summed E-state index contributed by atoms with van der Waals surface area (Å²) in [6.07, 6.45) is 4.40. The van der Waals surface area contributed by atoms with Crippen LogP contribution in [0.25, 0.3) is 11.1 Å². The van der Waals surface area contributed by atoms with Crippen molar-refractivity contribution < 1.29 is 28.0 Å². The Morgan fingerprint density at radius 1 is 1.10 bits per heavy atom. The molecular formula is C30H38N4O7S. The Labute approximate surface area is 246 Å². The Morgan fingerprint density at radius 3 is 2.40 bits per heavy atom. The molecule has 2 saturated carbocycles. The number of hydrogen-bond acceptors (Lipinski definition) is 8. The fourth-order valence-electron chi connectivity index (χ4n) is 5.22. The lowest BCUT2D eigenvalue weighted by molar-refractivity contribution is -0.403. The Morgan fingerprint density at radius 2 is 1.81 bits per heavy atom. The molecule has 12 heteroatoms. The van der Waals surface area contributed by atoms with Gasteiger partial charge in [0.15, 0.2) is 5.82 Å². The van der Waals surface area contributed by atoms with Gasteiger partial charge < -0.3 is 15.7 Å². The molecule has 0 amide bonds. The number of ketones is 1. The summed E-state index contributed by atoms with van der Waals surface area (Å²) in [5.41, 5.74) is 2.96. The van der Waals surface area contributed by atoms with E-state index in [2.05, 4.69) is 29.2 Å². The highest BCUT2D eigenvalue weighted by atomic mass is 32.2. The van der Waals surface area contributed by atoms with Crippen molar-refractivity contribution in [1.82, 2.24) is 10.0 Å². The number of rotatable bonds is 14. The summed E-state index contributed by atoms with van der Waals surface area (Å²) in [5, 5.41) is 26.9. The average molecular weight is 599 g/mol. The van der Waals surface area contributed by atoms with Gasteiger partial charge in [0.1, 0.15) is 11.8 Å². The number of carbonyl (C=O) groups is 2. The molecule has 0 aromatic heterocycles. The van der Waals surface area contributed by atoms with Crippen molar-refractivity contribution in [3.8, 4) is 11.1 Å². The first-order valence-corrected chi connectivity index (χ1v) is 15.9. The number of benzene rings is 2. The van der Waals surface area contributed by atoms with Gasteiger partial charge in [0.05, 0.1) is 10.7 Å². The molecule has 2 aromatic carbocycles. The van der Waals surface area contributed by atoms with E-state index >= 15 is 0 Å². The zero-order valence-electron chi connectivity index (χ0n) is 23.8. The van der Waals surface area contributed by atoms with E-state index in [4.69, 9.17) is 0 Å². The highest BCUT2D eigenvalue weighted by Crippen LogP contribution is 2.32. The van der Waals surface area contributed by atoms with E-state index in [1.807, 2.05) is 30.3 Å². The predicted molar refractivity (Wildman–Crippen MR) is 159 cm³/mol. The first-order valence-electron chi connectivity index (χ1n) is 14.2. The van der Waals surface area contributed by atoms with Crippen LogP contribution in [0.5, 0.6) is 0 Å². The summed E-state index contributed by atoms with van der Waals surface area (Å²) >= 11 is 0. The van der Waals surface area contributed by atoms with Crippen molar-refractivity contribution >= 4 is 27.5 Å². The fourth-order valence-corrected chi connectivity index (χ4v) is 6.81. The number of nitrogens with one attached hydrogen (secondary N) is 3. The molecule has 1 unspecified atom stereocenters. The topological polar surface area (TPSA) is 168 Å². The standard InChI is InChI=1S/C30H38N4O7S/c1-19(2)22-10-11-24(28(35)16-22)18-42(40,41)33-27(30(36)37)14-20-6-8-21(9-7-20)23-4-3-5-26(15-23)32-29(17-34(38)39)31-25-12-13-25/h3-9,15,17,19,22,24-25,27,31-33H,10-14,16,18H2,1-2H3,(H,36,37)/b29-17+/t22-,24?,27-/m0/s1. The van der Waals surface area contributed by atoms with Crippen molar-refractivity contribution in [2.24, 2.45) is 17.8 Å². The number of carboxylic acid groups (broad SMARTS) is 1. The molecule has 2 fully saturated rings. The van der Waals surface area contributed by atoms with Crippen LogP contribution >= 0.6 is 0 Å². The van der Waals surface area contributed by atoms with Crippen LogP contribution in [-0.2, 0) is 26.0 Å². The maximum absolute atomic E-state index is 12.9. The van der Waals surface area contributed by atoms with E-state index < -0.39 is 38.6 Å². The smallest absolute Gasteiger partial charge is 0.322 e. The maximum atomic E-state index is 12.9. The van der Waals surface area contributed by atoms with Gasteiger partial charge in [0, 0.05) is 24.1 Å². The number of hydrogen-bond donors (Lipinski definition) is 4. The average Bonchev–Trinajstić information content (AvgIpc) is 3.73. The summed E-state index contributed by atoms with van der Waals surface area (Å²) in [6.45, 7) is 4.11. The molecule has 0 aliphatic heterocycles. The van der Waals surface area contributed by atoms with Gasteiger partial charge in [-0.25, -0.2) is 13.1 Å². The number of sulfonamides is 1. The molecule has 2 aromatic rings. The number of nitro groups is 1. The van der Waals surface area contributed by atoms with E-state index in [1.165, 1.54) is 0 Å². The second kappa shape index (κ2) is 13.5. The molecule has 0 saturated heterocycles. The van der Waals surface area contributed by atoms with Gasteiger partial charge in [-0.2, -0.15) is 0 Å². The van der Waals surface area contributed by atoms with Crippen molar-refractivity contribution in [2.45, 2.75) is 64.5 Å². The summed E-state index contributed by atoms with van der Waals surface area (Å²) < 4.78 is 28.0. The number of aliphatic carboxylic acids is 1. The lowest BCUT2D eigenvalue weighted by Gasteiger charge is -2.29. The van der Waals surface area contributed by atoms with E-state index in [9.17, 15) is 33.2 Å². The van der Waals surface area contributed by atoms with Crippen LogP contribution in [0.4, 0.5) is 5.69 Å². The molecule has 0 spiro atoms. The van der Waals surface area contributed by atoms with Crippen molar-refractivity contribution in [2.75, 3.05) is 11.1 Å². The van der Waals surface area contributed by atoms with Crippen LogP contribution in [0, 0.1) is 27.9 Å². The summed E-state index contributed by atoms with van der Waals surface area (Å²) in [4.78, 5) is 35.0. The Hall–Kier alpha value is -3.77. The van der Waals surface area contributed by atoms with Crippen molar-refractivity contribution in [1.29, 1.82) is 0 Å². The summed E-state index contributed by atoms with van der Waals surface area (Å²) in [7, 11) is -4.00. The summed E-state index contributed by atoms with van der Waals surface area (Å²) in [5.74, 6) is -1.47. The second-order valence-electron chi connectivity index (χ2n) is 11.6. The molecule has 0 heterocycles. The van der Waals surface area contributed by atoms with Crippen LogP contribution in [0.3, 0.4) is 0 Å². The molecule has 4 rings (SSSR count). The zero-order chi connectivity index (χ0) is 30.4. The molecule has 226 valence electrons. The second-order valence-corrected chi connectivity index (χ2v) is 13.4. The van der Waals surface area contributed by atoms with Gasteiger partial charge in [-0.05, 0) is 72.8 Å². The Bertz CT molecular complexity index is 1440. The van der Waals surface area contributed by atoms with Gasteiger partial charge in [0.25, 0.3) is 6.20 Å². The van der Waals surface area contributed by atoms with Gasteiger partial charge in [-0.15, -0.1) is 0 Å². The third-order valence-corrected chi connectivity index (χ3v) is 9.31. The highest BCUT2D eigenvalue weighted by molar-refractivity contribution is 7.89. The Kier molecular flexibility index (Phi) is 10.00. The SMILES string of the molecule is CC(C)[C@H]1CCC(CS(=O)(=O)N[C@@H](Cc2ccc(-c3cccc(N/C(=C/[N+](=O)[O-])NC4CC4)c3)cc2)C(=O)O)C(=O)C1. The largest absolute Gasteiger partial charge is 0.480 e. The number of Topliss-reactive ketones (excluding diaryl/α,β-unsaturated/α-hetero) is 1. The third kappa shape index (κ3) is 9.12. The van der Waals surface area contributed by atoms with Crippen LogP contribution in [0.15, 0.2) is 60.6 Å².